The topological polar surface area (TPSA) is 32.3 Å². The molecule has 0 spiro atoms. The lowest BCUT2D eigenvalue weighted by atomic mass is 10.0. The molecule has 84 valence electrons. The van der Waals surface area contributed by atoms with Gasteiger partial charge in [-0.2, -0.15) is 0 Å². The largest absolute Gasteiger partial charge is 0.355 e. The van der Waals surface area contributed by atoms with Gasteiger partial charge in [0.25, 0.3) is 0 Å². The van der Waals surface area contributed by atoms with Crippen molar-refractivity contribution in [3.05, 3.63) is 35.9 Å². The van der Waals surface area contributed by atoms with E-state index in [1.807, 2.05) is 6.07 Å². The van der Waals surface area contributed by atoms with Crippen LogP contribution in [0.1, 0.15) is 5.56 Å². The summed E-state index contributed by atoms with van der Waals surface area (Å²) in [6.45, 7) is 3.82. The van der Waals surface area contributed by atoms with Crippen LogP contribution in [0.15, 0.2) is 30.3 Å². The molecule has 0 unspecified atom stereocenters. The fourth-order valence-corrected chi connectivity index (χ4v) is 2.80. The van der Waals surface area contributed by atoms with Crippen molar-refractivity contribution >= 4 is 5.91 Å². The van der Waals surface area contributed by atoms with E-state index < -0.39 is 0 Å². The number of benzene rings is 1. The van der Waals surface area contributed by atoms with Gasteiger partial charge >= 0.3 is 0 Å². The van der Waals surface area contributed by atoms with Crippen molar-refractivity contribution in [1.29, 1.82) is 0 Å². The van der Waals surface area contributed by atoms with E-state index in [-0.39, 0.29) is 11.8 Å². The predicted octanol–water partition coefficient (Wildman–Crippen LogP) is 0.864. The van der Waals surface area contributed by atoms with Crippen LogP contribution in [0.5, 0.6) is 0 Å². The molecule has 0 bridgehead atoms. The molecule has 1 aromatic carbocycles. The first kappa shape index (κ1) is 9.85. The van der Waals surface area contributed by atoms with Gasteiger partial charge in [-0.05, 0) is 5.56 Å². The molecule has 2 aliphatic heterocycles. The number of amides is 1. The molecule has 3 heteroatoms. The van der Waals surface area contributed by atoms with Gasteiger partial charge in [-0.1, -0.05) is 30.3 Å². The first-order valence-electron chi connectivity index (χ1n) is 5.87. The van der Waals surface area contributed by atoms with Gasteiger partial charge in [-0.25, -0.2) is 0 Å². The Morgan fingerprint density at radius 1 is 1.25 bits per heavy atom. The molecule has 0 radical (unpaired) electrons. The number of hydrogen-bond donors (Lipinski definition) is 1. The second kappa shape index (κ2) is 3.91. The zero-order chi connectivity index (χ0) is 11.0. The van der Waals surface area contributed by atoms with Crippen molar-refractivity contribution in [3.63, 3.8) is 0 Å². The third-order valence-corrected chi connectivity index (χ3v) is 3.64. The fourth-order valence-electron chi connectivity index (χ4n) is 2.80. The Morgan fingerprint density at radius 3 is 2.81 bits per heavy atom. The van der Waals surface area contributed by atoms with E-state index >= 15 is 0 Å². The molecule has 1 amide bonds. The summed E-state index contributed by atoms with van der Waals surface area (Å²) < 4.78 is 0. The van der Waals surface area contributed by atoms with E-state index in [1.165, 1.54) is 5.56 Å². The molecule has 2 fully saturated rings. The van der Waals surface area contributed by atoms with Gasteiger partial charge in [-0.3, -0.25) is 9.69 Å². The van der Waals surface area contributed by atoms with Crippen LogP contribution in [0.3, 0.4) is 0 Å². The molecule has 1 N–H and O–H groups in total. The first-order valence-corrected chi connectivity index (χ1v) is 5.87. The number of carbonyl (C=O) groups is 1. The van der Waals surface area contributed by atoms with Crippen LogP contribution < -0.4 is 5.32 Å². The maximum absolute atomic E-state index is 11.5. The van der Waals surface area contributed by atoms with Crippen LogP contribution in [0.2, 0.25) is 0 Å². The van der Waals surface area contributed by atoms with Crippen molar-refractivity contribution < 1.29 is 4.79 Å². The van der Waals surface area contributed by atoms with Crippen molar-refractivity contribution in [2.75, 3.05) is 19.6 Å². The van der Waals surface area contributed by atoms with Gasteiger partial charge in [0.2, 0.25) is 5.91 Å². The molecule has 1 aromatic rings. The monoisotopic (exact) mass is 216 g/mol. The van der Waals surface area contributed by atoms with Gasteiger partial charge in [0.15, 0.2) is 0 Å². The Bertz CT molecular complexity index is 390. The van der Waals surface area contributed by atoms with Crippen LogP contribution in [0, 0.1) is 11.8 Å². The normalized spacial score (nSPS) is 29.1. The van der Waals surface area contributed by atoms with Crippen molar-refractivity contribution in [2.45, 2.75) is 6.54 Å². The van der Waals surface area contributed by atoms with Gasteiger partial charge < -0.3 is 5.32 Å². The van der Waals surface area contributed by atoms with Gasteiger partial charge in [0.05, 0.1) is 5.92 Å². The fraction of sp³-hybridized carbons (Fsp3) is 0.462. The standard InChI is InChI=1S/C13H16N2O/c16-13-12-9-15(8-11(12)6-14-13)7-10-4-2-1-3-5-10/h1-5,11-12H,6-9H2,(H,14,16)/t11-,12+/m1/s1. The quantitative estimate of drug-likeness (QED) is 0.795. The molecule has 2 heterocycles. The maximum Gasteiger partial charge on any atom is 0.224 e. The average Bonchev–Trinajstić information content (AvgIpc) is 2.83. The Kier molecular flexibility index (Phi) is 2.40. The van der Waals surface area contributed by atoms with Crippen LogP contribution in [0.4, 0.5) is 0 Å². The average molecular weight is 216 g/mol. The molecule has 3 nitrogen and oxygen atoms in total. The second-order valence-corrected chi connectivity index (χ2v) is 4.79. The van der Waals surface area contributed by atoms with Crippen LogP contribution in [-0.2, 0) is 11.3 Å². The third-order valence-electron chi connectivity index (χ3n) is 3.64. The van der Waals surface area contributed by atoms with E-state index in [0.717, 1.165) is 26.2 Å². The molecule has 2 saturated heterocycles. The Labute approximate surface area is 95.4 Å². The molecule has 2 atom stereocenters. The number of nitrogens with zero attached hydrogens (tertiary/aromatic N) is 1. The molecule has 2 aliphatic rings. The summed E-state index contributed by atoms with van der Waals surface area (Å²) in [6.07, 6.45) is 0. The van der Waals surface area contributed by atoms with Crippen LogP contribution in [-0.4, -0.2) is 30.4 Å². The molecule has 0 aliphatic carbocycles. The van der Waals surface area contributed by atoms with Gasteiger partial charge in [-0.15, -0.1) is 0 Å². The third kappa shape index (κ3) is 1.71. The maximum atomic E-state index is 11.5. The number of carbonyl (C=O) groups excluding carboxylic acids is 1. The summed E-state index contributed by atoms with van der Waals surface area (Å²) >= 11 is 0. The van der Waals surface area contributed by atoms with Crippen molar-refractivity contribution in [1.82, 2.24) is 10.2 Å². The molecule has 0 saturated carbocycles. The zero-order valence-corrected chi connectivity index (χ0v) is 9.23. The predicted molar refractivity (Wildman–Crippen MR) is 61.7 cm³/mol. The number of fused-ring (bicyclic) bond motifs is 1. The van der Waals surface area contributed by atoms with Crippen molar-refractivity contribution in [2.24, 2.45) is 11.8 Å². The summed E-state index contributed by atoms with van der Waals surface area (Å²) in [4.78, 5) is 13.9. The number of rotatable bonds is 2. The summed E-state index contributed by atoms with van der Waals surface area (Å²) in [5, 5.41) is 2.94. The molecule has 3 rings (SSSR count). The van der Waals surface area contributed by atoms with E-state index in [4.69, 9.17) is 0 Å². The SMILES string of the molecule is O=C1NC[C@@H]2CN(Cc3ccccc3)C[C@H]12. The number of nitrogens with one attached hydrogen (secondary N) is 1. The minimum atomic E-state index is 0.240. The smallest absolute Gasteiger partial charge is 0.224 e. The number of hydrogen-bond acceptors (Lipinski definition) is 2. The molecule has 16 heavy (non-hydrogen) atoms. The highest BCUT2D eigenvalue weighted by atomic mass is 16.2. The lowest BCUT2D eigenvalue weighted by Crippen LogP contribution is -2.28. The molecular weight excluding hydrogens is 200 g/mol. The number of likely N-dealkylation sites (tertiary alicyclic amines) is 1. The first-order chi connectivity index (χ1) is 7.83. The lowest BCUT2D eigenvalue weighted by molar-refractivity contribution is -0.122. The molecule has 0 aromatic heterocycles. The van der Waals surface area contributed by atoms with Gasteiger partial charge in [0.1, 0.15) is 0 Å². The summed E-state index contributed by atoms with van der Waals surface area (Å²) in [6, 6.07) is 10.5. The minimum Gasteiger partial charge on any atom is -0.355 e. The summed E-state index contributed by atoms with van der Waals surface area (Å²) in [5.41, 5.74) is 1.34. The Hall–Kier alpha value is -1.35. The Balaban J connectivity index is 1.65. The highest BCUT2D eigenvalue weighted by Gasteiger charge is 2.41. The highest BCUT2D eigenvalue weighted by Crippen LogP contribution is 2.28. The van der Waals surface area contributed by atoms with E-state index in [2.05, 4.69) is 34.5 Å². The lowest BCUT2D eigenvalue weighted by Gasteiger charge is -2.16. The highest BCUT2D eigenvalue weighted by molar-refractivity contribution is 5.81. The van der Waals surface area contributed by atoms with E-state index in [0.29, 0.717) is 5.92 Å². The van der Waals surface area contributed by atoms with Crippen LogP contribution >= 0.6 is 0 Å². The van der Waals surface area contributed by atoms with Crippen molar-refractivity contribution in [3.8, 4) is 0 Å². The van der Waals surface area contributed by atoms with E-state index in [9.17, 15) is 4.79 Å². The second-order valence-electron chi connectivity index (χ2n) is 4.79. The minimum absolute atomic E-state index is 0.240. The molecular formula is C13H16N2O. The zero-order valence-electron chi connectivity index (χ0n) is 9.23. The van der Waals surface area contributed by atoms with E-state index in [1.54, 1.807) is 0 Å². The summed E-state index contributed by atoms with van der Waals surface area (Å²) in [5.74, 6) is 1.03. The Morgan fingerprint density at radius 2 is 2.06 bits per heavy atom. The van der Waals surface area contributed by atoms with Gasteiger partial charge in [0, 0.05) is 32.1 Å². The van der Waals surface area contributed by atoms with Crippen LogP contribution in [0.25, 0.3) is 0 Å². The summed E-state index contributed by atoms with van der Waals surface area (Å²) in [7, 11) is 0.